The minimum absolute atomic E-state index is 0.826. The van der Waals surface area contributed by atoms with E-state index in [1.807, 2.05) is 6.92 Å². The fourth-order valence-corrected chi connectivity index (χ4v) is 1.36. The van der Waals surface area contributed by atoms with E-state index in [-0.39, 0.29) is 0 Å². The van der Waals surface area contributed by atoms with Gasteiger partial charge in [0, 0.05) is 0 Å². The summed E-state index contributed by atoms with van der Waals surface area (Å²) in [5, 5.41) is 8.68. The lowest BCUT2D eigenvalue weighted by Gasteiger charge is -1.95. The van der Waals surface area contributed by atoms with Crippen LogP contribution in [0, 0.1) is 13.8 Å². The first-order valence-corrected chi connectivity index (χ1v) is 4.53. The third-order valence-corrected chi connectivity index (χ3v) is 2.32. The normalized spacial score (nSPS) is 11.0. The van der Waals surface area contributed by atoms with Gasteiger partial charge in [0.05, 0.1) is 6.54 Å². The zero-order valence-corrected chi connectivity index (χ0v) is 8.20. The predicted octanol–water partition coefficient (Wildman–Crippen LogP) is 2.07. The third-order valence-electron chi connectivity index (χ3n) is 2.32. The molecule has 0 atom stereocenters. The second-order valence-electron chi connectivity index (χ2n) is 3.31. The fourth-order valence-electron chi connectivity index (χ4n) is 1.36. The summed E-state index contributed by atoms with van der Waals surface area (Å²) in [7, 11) is 0. The van der Waals surface area contributed by atoms with E-state index in [4.69, 9.17) is 0 Å². The molecule has 0 amide bonds. The summed E-state index contributed by atoms with van der Waals surface area (Å²) < 4.78 is 0. The summed E-state index contributed by atoms with van der Waals surface area (Å²) in [5.41, 5.74) is 4.53. The van der Waals surface area contributed by atoms with Gasteiger partial charge in [0.1, 0.15) is 11.0 Å². The van der Waals surface area contributed by atoms with Crippen LogP contribution < -0.4 is 0 Å². The van der Waals surface area contributed by atoms with Gasteiger partial charge in [-0.25, -0.2) is 0 Å². The van der Waals surface area contributed by atoms with Crippen LogP contribution in [-0.2, 0) is 6.54 Å². The van der Waals surface area contributed by atoms with E-state index in [2.05, 4.69) is 36.2 Å². The molecule has 2 aromatic rings. The van der Waals surface area contributed by atoms with Gasteiger partial charge < -0.3 is 0 Å². The van der Waals surface area contributed by atoms with Crippen LogP contribution in [0.4, 0.5) is 0 Å². The highest BCUT2D eigenvalue weighted by Gasteiger charge is 2.02. The van der Waals surface area contributed by atoms with Gasteiger partial charge >= 0.3 is 0 Å². The van der Waals surface area contributed by atoms with Crippen molar-refractivity contribution in [2.45, 2.75) is 27.3 Å². The molecule has 0 unspecified atom stereocenters. The fraction of sp³-hybridized carbons (Fsp3) is 0.400. The van der Waals surface area contributed by atoms with Gasteiger partial charge in [0.15, 0.2) is 0 Å². The quantitative estimate of drug-likeness (QED) is 0.664. The smallest absolute Gasteiger partial charge is 0.113 e. The molecule has 0 aliphatic heterocycles. The van der Waals surface area contributed by atoms with Crippen LogP contribution in [0.5, 0.6) is 0 Å². The van der Waals surface area contributed by atoms with Crippen molar-refractivity contribution in [1.29, 1.82) is 0 Å². The molecule has 1 aromatic carbocycles. The van der Waals surface area contributed by atoms with E-state index in [0.29, 0.717) is 0 Å². The number of benzene rings is 1. The van der Waals surface area contributed by atoms with Gasteiger partial charge in [0.2, 0.25) is 0 Å². The van der Waals surface area contributed by atoms with Crippen LogP contribution in [-0.4, -0.2) is 15.0 Å². The topological polar surface area (TPSA) is 30.7 Å². The van der Waals surface area contributed by atoms with Crippen LogP contribution >= 0.6 is 0 Å². The van der Waals surface area contributed by atoms with Crippen LogP contribution in [0.25, 0.3) is 11.0 Å². The first-order valence-electron chi connectivity index (χ1n) is 4.53. The van der Waals surface area contributed by atoms with E-state index in [0.717, 1.165) is 17.6 Å². The van der Waals surface area contributed by atoms with Gasteiger partial charge in [-0.2, -0.15) is 15.0 Å². The average Bonchev–Trinajstić information content (AvgIpc) is 2.48. The Bertz CT molecular complexity index is 404. The molecule has 1 aromatic heterocycles. The first-order chi connectivity index (χ1) is 6.20. The third kappa shape index (κ3) is 1.30. The molecule has 0 fully saturated rings. The van der Waals surface area contributed by atoms with E-state index in [1.54, 1.807) is 4.80 Å². The molecule has 0 aliphatic carbocycles. The molecule has 0 radical (unpaired) electrons. The summed E-state index contributed by atoms with van der Waals surface area (Å²) in [6.07, 6.45) is 0. The standard InChI is InChI=1S/C10H13N3/c1-4-13-11-9-5-7(2)8(3)6-10(9)12-13/h5-6H,4H2,1-3H3. The molecule has 0 aliphatic rings. The Labute approximate surface area is 77.4 Å². The number of nitrogens with zero attached hydrogens (tertiary/aromatic N) is 3. The minimum Gasteiger partial charge on any atom is -0.184 e. The summed E-state index contributed by atoms with van der Waals surface area (Å²) in [4.78, 5) is 1.73. The first kappa shape index (κ1) is 8.23. The zero-order chi connectivity index (χ0) is 9.42. The Morgan fingerprint density at radius 1 is 1.08 bits per heavy atom. The molecule has 0 N–H and O–H groups in total. The number of rotatable bonds is 1. The molecule has 0 spiro atoms. The lowest BCUT2D eigenvalue weighted by molar-refractivity contribution is 0.578. The largest absolute Gasteiger partial charge is 0.184 e. The van der Waals surface area contributed by atoms with Gasteiger partial charge in [-0.3, -0.25) is 0 Å². The van der Waals surface area contributed by atoms with Crippen LogP contribution in [0.15, 0.2) is 12.1 Å². The number of hydrogen-bond donors (Lipinski definition) is 0. The van der Waals surface area contributed by atoms with Crippen LogP contribution in [0.1, 0.15) is 18.1 Å². The van der Waals surface area contributed by atoms with E-state index in [9.17, 15) is 0 Å². The number of fused-ring (bicyclic) bond motifs is 1. The van der Waals surface area contributed by atoms with E-state index >= 15 is 0 Å². The molecular formula is C10H13N3. The Morgan fingerprint density at radius 3 is 1.92 bits per heavy atom. The predicted molar refractivity (Wildman–Crippen MR) is 52.7 cm³/mol. The van der Waals surface area contributed by atoms with Gasteiger partial charge in [0.25, 0.3) is 0 Å². The highest BCUT2D eigenvalue weighted by molar-refractivity contribution is 5.75. The molecular weight excluding hydrogens is 162 g/mol. The van der Waals surface area contributed by atoms with Crippen molar-refractivity contribution in [3.63, 3.8) is 0 Å². The van der Waals surface area contributed by atoms with Crippen molar-refractivity contribution in [2.24, 2.45) is 0 Å². The maximum atomic E-state index is 4.34. The van der Waals surface area contributed by atoms with Crippen molar-refractivity contribution in [3.8, 4) is 0 Å². The molecule has 68 valence electrons. The Kier molecular flexibility index (Phi) is 1.79. The lowest BCUT2D eigenvalue weighted by atomic mass is 10.1. The Hall–Kier alpha value is -1.38. The molecule has 13 heavy (non-hydrogen) atoms. The van der Waals surface area contributed by atoms with E-state index < -0.39 is 0 Å². The molecule has 0 bridgehead atoms. The number of aromatic nitrogens is 3. The summed E-state index contributed by atoms with van der Waals surface area (Å²) in [6, 6.07) is 4.17. The molecule has 1 heterocycles. The highest BCUT2D eigenvalue weighted by atomic mass is 15.5. The van der Waals surface area contributed by atoms with Gasteiger partial charge in [-0.1, -0.05) is 0 Å². The monoisotopic (exact) mass is 175 g/mol. The van der Waals surface area contributed by atoms with Crippen molar-refractivity contribution < 1.29 is 0 Å². The minimum atomic E-state index is 0.826. The lowest BCUT2D eigenvalue weighted by Crippen LogP contribution is -1.97. The summed E-state index contributed by atoms with van der Waals surface area (Å²) in [5.74, 6) is 0. The SMILES string of the molecule is CCn1nc2cc(C)c(C)cc2n1. The number of aryl methyl sites for hydroxylation is 3. The summed E-state index contributed by atoms with van der Waals surface area (Å²) in [6.45, 7) is 7.06. The molecule has 2 rings (SSSR count). The number of hydrogen-bond acceptors (Lipinski definition) is 2. The maximum absolute atomic E-state index is 4.34. The van der Waals surface area contributed by atoms with Crippen molar-refractivity contribution in [2.75, 3.05) is 0 Å². The van der Waals surface area contributed by atoms with Crippen molar-refractivity contribution in [3.05, 3.63) is 23.3 Å². The zero-order valence-electron chi connectivity index (χ0n) is 8.20. The van der Waals surface area contributed by atoms with Crippen LogP contribution in [0.3, 0.4) is 0 Å². The van der Waals surface area contributed by atoms with E-state index in [1.165, 1.54) is 11.1 Å². The van der Waals surface area contributed by atoms with Gasteiger partial charge in [-0.15, -0.1) is 0 Å². The highest BCUT2D eigenvalue weighted by Crippen LogP contribution is 2.15. The average molecular weight is 175 g/mol. The van der Waals surface area contributed by atoms with Gasteiger partial charge in [-0.05, 0) is 44.0 Å². The molecule has 3 nitrogen and oxygen atoms in total. The maximum Gasteiger partial charge on any atom is 0.113 e. The second kappa shape index (κ2) is 2.83. The Balaban J connectivity index is 2.70. The van der Waals surface area contributed by atoms with Crippen molar-refractivity contribution in [1.82, 2.24) is 15.0 Å². The van der Waals surface area contributed by atoms with Crippen molar-refractivity contribution >= 4 is 11.0 Å². The Morgan fingerprint density at radius 2 is 1.54 bits per heavy atom. The summed E-state index contributed by atoms with van der Waals surface area (Å²) >= 11 is 0. The molecule has 3 heteroatoms. The second-order valence-corrected chi connectivity index (χ2v) is 3.31. The molecule has 0 saturated heterocycles. The molecule has 0 saturated carbocycles. The van der Waals surface area contributed by atoms with Crippen LogP contribution in [0.2, 0.25) is 0 Å².